The normalized spacial score (nSPS) is 10.3. The molecule has 1 aromatic carbocycles. The highest BCUT2D eigenvalue weighted by Gasteiger charge is 2.10. The number of anilines is 1. The van der Waals surface area contributed by atoms with Crippen molar-refractivity contribution in [2.45, 2.75) is 6.92 Å². The maximum atomic E-state index is 10.9. The van der Waals surface area contributed by atoms with Crippen molar-refractivity contribution in [3.63, 3.8) is 0 Å². The van der Waals surface area contributed by atoms with Gasteiger partial charge in [0.1, 0.15) is 10.9 Å². The standard InChI is InChI=1S/C11H10ClN3O2/c1-6(16)13-11-14-7-4-3-5-8(17-2)9(7)10(12)15-11/h3-5H,1-2H3,(H,13,14,15,16). The number of rotatable bonds is 2. The summed E-state index contributed by atoms with van der Waals surface area (Å²) in [5.41, 5.74) is 0.619. The number of hydrogen-bond acceptors (Lipinski definition) is 4. The molecular weight excluding hydrogens is 242 g/mol. The lowest BCUT2D eigenvalue weighted by atomic mass is 10.2. The van der Waals surface area contributed by atoms with Crippen molar-refractivity contribution in [2.24, 2.45) is 0 Å². The lowest BCUT2D eigenvalue weighted by Crippen LogP contribution is -2.09. The van der Waals surface area contributed by atoms with Gasteiger partial charge in [-0.2, -0.15) is 4.98 Å². The number of hydrogen-bond donors (Lipinski definition) is 1. The van der Waals surface area contributed by atoms with Crippen LogP contribution >= 0.6 is 11.6 Å². The Bertz CT molecular complexity index is 586. The van der Waals surface area contributed by atoms with E-state index in [0.717, 1.165) is 0 Å². The number of carbonyl (C=O) groups is 1. The molecule has 6 heteroatoms. The lowest BCUT2D eigenvalue weighted by Gasteiger charge is -2.07. The zero-order valence-electron chi connectivity index (χ0n) is 9.32. The Kier molecular flexibility index (Phi) is 3.10. The Morgan fingerprint density at radius 1 is 1.41 bits per heavy atom. The van der Waals surface area contributed by atoms with Crippen LogP contribution in [-0.4, -0.2) is 23.0 Å². The Hall–Kier alpha value is -1.88. The second kappa shape index (κ2) is 4.55. The van der Waals surface area contributed by atoms with Gasteiger partial charge in [-0.3, -0.25) is 10.1 Å². The van der Waals surface area contributed by atoms with E-state index < -0.39 is 0 Å². The minimum absolute atomic E-state index is 0.184. The molecule has 0 spiro atoms. The fourth-order valence-electron chi connectivity index (χ4n) is 1.49. The quantitative estimate of drug-likeness (QED) is 0.832. The van der Waals surface area contributed by atoms with E-state index in [4.69, 9.17) is 16.3 Å². The SMILES string of the molecule is COc1cccc2nc(NC(C)=O)nc(Cl)c12. The third-order valence-corrected chi connectivity index (χ3v) is 2.42. The van der Waals surface area contributed by atoms with Crippen LogP contribution in [0.5, 0.6) is 5.75 Å². The molecule has 0 aliphatic carbocycles. The minimum atomic E-state index is -0.247. The predicted octanol–water partition coefficient (Wildman–Crippen LogP) is 2.25. The maximum Gasteiger partial charge on any atom is 0.231 e. The highest BCUT2D eigenvalue weighted by atomic mass is 35.5. The second-order valence-electron chi connectivity index (χ2n) is 3.37. The van der Waals surface area contributed by atoms with Crippen LogP contribution < -0.4 is 10.1 Å². The third-order valence-electron chi connectivity index (χ3n) is 2.15. The molecule has 1 amide bonds. The molecule has 0 fully saturated rings. The molecule has 2 rings (SSSR count). The van der Waals surface area contributed by atoms with Gasteiger partial charge < -0.3 is 4.74 Å². The molecule has 1 N–H and O–H groups in total. The van der Waals surface area contributed by atoms with Gasteiger partial charge in [0, 0.05) is 6.92 Å². The average molecular weight is 252 g/mol. The van der Waals surface area contributed by atoms with Crippen LogP contribution in [0, 0.1) is 0 Å². The third kappa shape index (κ3) is 2.29. The first-order chi connectivity index (χ1) is 8.11. The summed E-state index contributed by atoms with van der Waals surface area (Å²) in [5, 5.41) is 3.37. The summed E-state index contributed by atoms with van der Waals surface area (Å²) < 4.78 is 5.18. The number of methoxy groups -OCH3 is 1. The van der Waals surface area contributed by atoms with Crippen LogP contribution in [0.15, 0.2) is 18.2 Å². The summed E-state index contributed by atoms with van der Waals surface area (Å²) in [6.07, 6.45) is 0. The summed E-state index contributed by atoms with van der Waals surface area (Å²) in [4.78, 5) is 19.1. The number of fused-ring (bicyclic) bond motifs is 1. The minimum Gasteiger partial charge on any atom is -0.496 e. The molecule has 5 nitrogen and oxygen atoms in total. The molecule has 2 aromatic rings. The number of aromatic nitrogens is 2. The Morgan fingerprint density at radius 2 is 2.18 bits per heavy atom. The van der Waals surface area contributed by atoms with Crippen LogP contribution in [-0.2, 0) is 4.79 Å². The number of amides is 1. The van der Waals surface area contributed by atoms with Gasteiger partial charge in [0.15, 0.2) is 0 Å². The summed E-state index contributed by atoms with van der Waals surface area (Å²) >= 11 is 6.05. The van der Waals surface area contributed by atoms with Crippen molar-refractivity contribution in [1.82, 2.24) is 9.97 Å². The fraction of sp³-hybridized carbons (Fsp3) is 0.182. The fourth-order valence-corrected chi connectivity index (χ4v) is 1.76. The first-order valence-corrected chi connectivity index (χ1v) is 5.27. The van der Waals surface area contributed by atoms with E-state index in [1.54, 1.807) is 25.3 Å². The van der Waals surface area contributed by atoms with Crippen molar-refractivity contribution in [2.75, 3.05) is 12.4 Å². The monoisotopic (exact) mass is 251 g/mol. The zero-order chi connectivity index (χ0) is 12.4. The molecule has 0 saturated carbocycles. The van der Waals surface area contributed by atoms with Gasteiger partial charge in [0.2, 0.25) is 11.9 Å². The first kappa shape index (κ1) is 11.6. The van der Waals surface area contributed by atoms with E-state index in [1.165, 1.54) is 6.92 Å². The Balaban J connectivity index is 2.63. The predicted molar refractivity (Wildman–Crippen MR) is 65.4 cm³/mol. The van der Waals surface area contributed by atoms with Crippen LogP contribution in [0.4, 0.5) is 5.95 Å². The number of nitrogens with zero attached hydrogens (tertiary/aromatic N) is 2. The highest BCUT2D eigenvalue weighted by Crippen LogP contribution is 2.30. The van der Waals surface area contributed by atoms with Crippen molar-refractivity contribution in [1.29, 1.82) is 0 Å². The molecule has 0 atom stereocenters. The van der Waals surface area contributed by atoms with Crippen LogP contribution in [0.1, 0.15) is 6.92 Å². The van der Waals surface area contributed by atoms with Gasteiger partial charge in [0.05, 0.1) is 18.0 Å². The lowest BCUT2D eigenvalue weighted by molar-refractivity contribution is -0.114. The largest absolute Gasteiger partial charge is 0.496 e. The molecule has 1 aromatic heterocycles. The van der Waals surface area contributed by atoms with E-state index in [1.807, 2.05) is 0 Å². The molecule has 0 unspecified atom stereocenters. The van der Waals surface area contributed by atoms with Gasteiger partial charge in [-0.1, -0.05) is 17.7 Å². The molecular formula is C11H10ClN3O2. The molecule has 0 aliphatic rings. The van der Waals surface area contributed by atoms with E-state index in [0.29, 0.717) is 16.7 Å². The van der Waals surface area contributed by atoms with Crippen LogP contribution in [0.3, 0.4) is 0 Å². The maximum absolute atomic E-state index is 10.9. The Morgan fingerprint density at radius 3 is 2.82 bits per heavy atom. The van der Waals surface area contributed by atoms with E-state index >= 15 is 0 Å². The van der Waals surface area contributed by atoms with Crippen molar-refractivity contribution in [3.05, 3.63) is 23.4 Å². The summed E-state index contributed by atoms with van der Waals surface area (Å²) in [6, 6.07) is 5.34. The highest BCUT2D eigenvalue weighted by molar-refractivity contribution is 6.34. The summed E-state index contributed by atoms with van der Waals surface area (Å²) in [7, 11) is 1.55. The number of halogens is 1. The summed E-state index contributed by atoms with van der Waals surface area (Å²) in [6.45, 7) is 1.38. The smallest absolute Gasteiger partial charge is 0.231 e. The Labute approximate surface area is 103 Å². The van der Waals surface area contributed by atoms with Crippen molar-refractivity contribution in [3.8, 4) is 5.75 Å². The van der Waals surface area contributed by atoms with Gasteiger partial charge >= 0.3 is 0 Å². The van der Waals surface area contributed by atoms with Gasteiger partial charge in [-0.15, -0.1) is 0 Å². The van der Waals surface area contributed by atoms with Crippen LogP contribution in [0.2, 0.25) is 5.15 Å². The number of ether oxygens (including phenoxy) is 1. The van der Waals surface area contributed by atoms with E-state index in [9.17, 15) is 4.79 Å². The molecule has 0 bridgehead atoms. The number of nitrogens with one attached hydrogen (secondary N) is 1. The summed E-state index contributed by atoms with van der Waals surface area (Å²) in [5.74, 6) is 0.536. The van der Waals surface area contributed by atoms with E-state index in [-0.39, 0.29) is 17.0 Å². The first-order valence-electron chi connectivity index (χ1n) is 4.89. The second-order valence-corrected chi connectivity index (χ2v) is 3.73. The topological polar surface area (TPSA) is 64.1 Å². The van der Waals surface area contributed by atoms with Gasteiger partial charge in [-0.25, -0.2) is 4.98 Å². The molecule has 1 heterocycles. The van der Waals surface area contributed by atoms with E-state index in [2.05, 4.69) is 15.3 Å². The average Bonchev–Trinajstić information content (AvgIpc) is 2.27. The zero-order valence-corrected chi connectivity index (χ0v) is 10.1. The van der Waals surface area contributed by atoms with Crippen LogP contribution in [0.25, 0.3) is 10.9 Å². The van der Waals surface area contributed by atoms with Gasteiger partial charge in [0.25, 0.3) is 0 Å². The van der Waals surface area contributed by atoms with Gasteiger partial charge in [-0.05, 0) is 12.1 Å². The molecule has 0 aliphatic heterocycles. The van der Waals surface area contributed by atoms with Crippen molar-refractivity contribution >= 4 is 34.4 Å². The molecule has 17 heavy (non-hydrogen) atoms. The molecule has 88 valence electrons. The van der Waals surface area contributed by atoms with Crippen molar-refractivity contribution < 1.29 is 9.53 Å². The number of carbonyl (C=O) groups excluding carboxylic acids is 1. The molecule has 0 saturated heterocycles. The number of benzene rings is 1. The molecule has 0 radical (unpaired) electrons.